The van der Waals surface area contributed by atoms with E-state index >= 15 is 0 Å². The number of nitro benzene ring substituents is 1. The van der Waals surface area contributed by atoms with Gasteiger partial charge in [-0.15, -0.1) is 33.2 Å². The van der Waals surface area contributed by atoms with Crippen LogP contribution in [0.3, 0.4) is 0 Å². The quantitative estimate of drug-likeness (QED) is 0.0295. The summed E-state index contributed by atoms with van der Waals surface area (Å²) in [6.45, 7) is 4.60. The molecule has 0 bridgehead atoms. The van der Waals surface area contributed by atoms with Crippen molar-refractivity contribution in [1.82, 2.24) is 0 Å². The van der Waals surface area contributed by atoms with Crippen molar-refractivity contribution in [2.24, 2.45) is 0 Å². The number of ether oxygens (including phenoxy) is 2. The molecule has 0 aromatic heterocycles. The predicted octanol–water partition coefficient (Wildman–Crippen LogP) is 10.2. The highest BCUT2D eigenvalue weighted by Crippen LogP contribution is 2.42. The van der Waals surface area contributed by atoms with E-state index < -0.39 is 34.3 Å². The van der Waals surface area contributed by atoms with E-state index in [4.69, 9.17) is 42.7 Å². The zero-order valence-electron chi connectivity index (χ0n) is 24.1. The van der Waals surface area contributed by atoms with Crippen LogP contribution in [0.4, 0.5) is 5.69 Å². The molecular weight excluding hydrogens is 593 g/mol. The number of carbonyl (C=O) groups excluding carboxylic acids is 2. The minimum Gasteiger partial charge on any atom is -0.462 e. The average Bonchev–Trinajstić information content (AvgIpc) is 2.91. The van der Waals surface area contributed by atoms with E-state index in [0.717, 1.165) is 44.6 Å². The third kappa shape index (κ3) is 15.6. The van der Waals surface area contributed by atoms with E-state index in [-0.39, 0.29) is 24.2 Å². The number of esters is 2. The minimum absolute atomic E-state index is 0.0185. The fourth-order valence-corrected chi connectivity index (χ4v) is 6.76. The first-order valence-electron chi connectivity index (χ1n) is 14.8. The average molecular weight is 639 g/mol. The van der Waals surface area contributed by atoms with Gasteiger partial charge >= 0.3 is 17.9 Å². The highest BCUT2D eigenvalue weighted by molar-refractivity contribution is 7.65. The van der Waals surface area contributed by atoms with Gasteiger partial charge in [0.1, 0.15) is 0 Å². The molecule has 0 aliphatic heterocycles. The second kappa shape index (κ2) is 21.4. The van der Waals surface area contributed by atoms with Crippen molar-refractivity contribution in [3.8, 4) is 0 Å². The molecule has 0 spiro atoms. The molecule has 0 aliphatic carbocycles. The van der Waals surface area contributed by atoms with Crippen LogP contribution in [-0.4, -0.2) is 29.5 Å². The van der Waals surface area contributed by atoms with Gasteiger partial charge in [0, 0.05) is 12.5 Å². The zero-order valence-corrected chi connectivity index (χ0v) is 27.3. The van der Waals surface area contributed by atoms with Crippen LogP contribution >= 0.6 is 33.2 Å². The Kier molecular flexibility index (Phi) is 19.6. The van der Waals surface area contributed by atoms with Crippen LogP contribution in [0, 0.1) is 10.1 Å². The zero-order chi connectivity index (χ0) is 29.8. The van der Waals surface area contributed by atoms with Crippen molar-refractivity contribution in [3.63, 3.8) is 0 Å². The number of nitrogens with zero attached hydrogens (tertiary/aromatic N) is 1. The lowest BCUT2D eigenvalue weighted by molar-refractivity contribution is -0.386. The summed E-state index contributed by atoms with van der Waals surface area (Å²) in [5.74, 6) is -1.23. The summed E-state index contributed by atoms with van der Waals surface area (Å²) in [4.78, 5) is 36.3. The lowest BCUT2D eigenvalue weighted by Gasteiger charge is -2.23. The number of benzene rings is 1. The molecule has 228 valence electrons. The van der Waals surface area contributed by atoms with Crippen LogP contribution in [0.25, 0.3) is 0 Å². The Morgan fingerprint density at radius 2 is 1.32 bits per heavy atom. The molecular formula is C29H46Cl3NO6Si. The summed E-state index contributed by atoms with van der Waals surface area (Å²) >= 11 is 18.7. The van der Waals surface area contributed by atoms with Gasteiger partial charge < -0.3 is 9.47 Å². The Morgan fingerprint density at radius 3 is 1.82 bits per heavy atom. The van der Waals surface area contributed by atoms with E-state index in [0.29, 0.717) is 6.42 Å². The molecule has 1 atom stereocenters. The van der Waals surface area contributed by atoms with Gasteiger partial charge in [0.25, 0.3) is 5.69 Å². The van der Waals surface area contributed by atoms with E-state index in [1.165, 1.54) is 69.9 Å². The van der Waals surface area contributed by atoms with Gasteiger partial charge in [-0.3, -0.25) is 14.9 Å². The maximum Gasteiger partial charge on any atom is 0.386 e. The van der Waals surface area contributed by atoms with Gasteiger partial charge in [0.05, 0.1) is 22.7 Å². The maximum absolute atomic E-state index is 12.5. The molecule has 0 heterocycles. The molecule has 0 fully saturated rings. The number of unbranched alkanes of at least 4 members (excludes halogenated alkanes) is 14. The molecule has 0 radical (unpaired) electrons. The second-order valence-corrected chi connectivity index (χ2v) is 19.0. The first-order chi connectivity index (χ1) is 19.1. The maximum atomic E-state index is 12.5. The topological polar surface area (TPSA) is 95.7 Å². The van der Waals surface area contributed by atoms with Crippen LogP contribution in [0.1, 0.15) is 145 Å². The first kappa shape index (κ1) is 36.7. The Bertz CT molecular complexity index is 897. The number of hydrogen-bond donors (Lipinski definition) is 0. The number of carbonyl (C=O) groups is 2. The highest BCUT2D eigenvalue weighted by Gasteiger charge is 2.45. The second-order valence-electron chi connectivity index (χ2n) is 10.3. The summed E-state index contributed by atoms with van der Waals surface area (Å²) in [6.07, 6.45) is 17.5. The molecule has 0 aliphatic rings. The monoisotopic (exact) mass is 637 g/mol. The first-order valence-corrected chi connectivity index (χ1v) is 19.9. The molecule has 0 N–H and O–H groups in total. The Morgan fingerprint density at radius 1 is 0.825 bits per heavy atom. The van der Waals surface area contributed by atoms with Crippen molar-refractivity contribution in [2.45, 2.75) is 129 Å². The number of halogens is 3. The summed E-state index contributed by atoms with van der Waals surface area (Å²) in [5.41, 5.74) is -1.85. The van der Waals surface area contributed by atoms with E-state index in [1.54, 1.807) is 0 Å². The van der Waals surface area contributed by atoms with Crippen molar-refractivity contribution >= 4 is 56.9 Å². The van der Waals surface area contributed by atoms with Crippen LogP contribution in [0.15, 0.2) is 18.2 Å². The van der Waals surface area contributed by atoms with E-state index in [2.05, 4.69) is 13.8 Å². The van der Waals surface area contributed by atoms with E-state index in [1.807, 2.05) is 0 Å². The van der Waals surface area contributed by atoms with Crippen LogP contribution < -0.4 is 0 Å². The van der Waals surface area contributed by atoms with Crippen molar-refractivity contribution in [2.75, 3.05) is 6.61 Å². The lowest BCUT2D eigenvalue weighted by atomic mass is 10.1. The van der Waals surface area contributed by atoms with Crippen LogP contribution in [0.5, 0.6) is 0 Å². The molecule has 1 aromatic rings. The Balaban J connectivity index is 2.69. The molecule has 1 unspecified atom stereocenters. The third-order valence-corrected chi connectivity index (χ3v) is 9.56. The van der Waals surface area contributed by atoms with Gasteiger partial charge in [-0.25, -0.2) is 4.79 Å². The van der Waals surface area contributed by atoms with Gasteiger partial charge in [-0.05, 0) is 25.0 Å². The molecule has 0 saturated carbocycles. The summed E-state index contributed by atoms with van der Waals surface area (Å²) in [5, 5.41) is 11.9. The van der Waals surface area contributed by atoms with Crippen molar-refractivity contribution in [3.05, 3.63) is 39.4 Å². The summed E-state index contributed by atoms with van der Waals surface area (Å²) in [6, 6.07) is 0.00702. The Hall–Kier alpha value is -1.35. The third-order valence-electron chi connectivity index (χ3n) is 6.76. The number of rotatable bonds is 23. The fraction of sp³-hybridized carbons (Fsp3) is 0.724. The number of nitro groups is 1. The van der Waals surface area contributed by atoms with Crippen LogP contribution in [-0.2, 0) is 14.3 Å². The van der Waals surface area contributed by atoms with Gasteiger partial charge in [-0.1, -0.05) is 104 Å². The molecule has 0 amide bonds. The lowest BCUT2D eigenvalue weighted by Crippen LogP contribution is -2.29. The van der Waals surface area contributed by atoms with Gasteiger partial charge in [-0.2, -0.15) is 0 Å². The SMILES string of the molecule is CCCCCCCCCCOC(=O)c1ccc(C(OC(=O)CCCCCCCCCC)[Si](Cl)(Cl)Cl)c([N+](=O)[O-])c1. The summed E-state index contributed by atoms with van der Waals surface area (Å²) in [7, 11) is 0. The highest BCUT2D eigenvalue weighted by atomic mass is 35.8. The van der Waals surface area contributed by atoms with Gasteiger partial charge in [0.2, 0.25) is 0 Å². The normalized spacial score (nSPS) is 12.2. The molecule has 1 aromatic carbocycles. The van der Waals surface area contributed by atoms with Crippen LogP contribution in [0.2, 0.25) is 0 Å². The molecule has 7 nitrogen and oxygen atoms in total. The van der Waals surface area contributed by atoms with E-state index in [9.17, 15) is 19.7 Å². The molecule has 1 rings (SSSR count). The Labute approximate surface area is 254 Å². The largest absolute Gasteiger partial charge is 0.462 e. The minimum atomic E-state index is -3.78. The van der Waals surface area contributed by atoms with Crippen molar-refractivity contribution in [1.29, 1.82) is 0 Å². The fourth-order valence-electron chi connectivity index (χ4n) is 4.43. The summed E-state index contributed by atoms with van der Waals surface area (Å²) < 4.78 is 10.8. The predicted molar refractivity (Wildman–Crippen MR) is 165 cm³/mol. The standard InChI is InChI=1S/C29H46Cl3NO6Si/c1-3-5-7-9-11-13-15-17-19-27(34)39-29(40(30,31)32)25-21-20-24(23-26(25)33(36)37)28(35)38-22-18-16-14-12-10-8-6-4-2/h20-21,23,29H,3-19,22H2,1-2H3. The number of hydrogen-bond acceptors (Lipinski definition) is 6. The molecule has 11 heteroatoms. The molecule has 0 saturated heterocycles. The van der Waals surface area contributed by atoms with Gasteiger partial charge in [0.15, 0.2) is 5.73 Å². The smallest absolute Gasteiger partial charge is 0.386 e. The molecule has 40 heavy (non-hydrogen) atoms. The van der Waals surface area contributed by atoms with Crippen molar-refractivity contribution < 1.29 is 24.0 Å².